The summed E-state index contributed by atoms with van der Waals surface area (Å²) < 4.78 is 22.5. The number of aldehydes is 1. The topological polar surface area (TPSA) is 54.0 Å². The number of ether oxygens (including phenoxy) is 1. The molecule has 0 bridgehead atoms. The van der Waals surface area contributed by atoms with Crippen LogP contribution in [0.5, 0.6) is 23.0 Å². The second-order valence-corrected chi connectivity index (χ2v) is 5.29. The predicted molar refractivity (Wildman–Crippen MR) is 98.9 cm³/mol. The van der Waals surface area contributed by atoms with Gasteiger partial charge in [-0.1, -0.05) is 36.4 Å². The van der Waals surface area contributed by atoms with Crippen molar-refractivity contribution in [2.45, 2.75) is 0 Å². The van der Waals surface area contributed by atoms with Gasteiger partial charge in [-0.2, -0.15) is 0 Å². The molecule has 0 aliphatic rings. The summed E-state index contributed by atoms with van der Waals surface area (Å²) in [5.41, 5.74) is 0.378. The smallest absolute Gasteiger partial charge is 0.496 e. The zero-order valence-corrected chi connectivity index (χ0v) is 14.2. The van der Waals surface area contributed by atoms with Crippen molar-refractivity contribution < 1.29 is 23.5 Å². The minimum Gasteiger partial charge on any atom is -0.496 e. The van der Waals surface area contributed by atoms with E-state index >= 15 is 0 Å². The molecule has 6 heteroatoms. The van der Waals surface area contributed by atoms with Crippen molar-refractivity contribution in [3.63, 3.8) is 0 Å². The summed E-state index contributed by atoms with van der Waals surface area (Å²) in [6.07, 6.45) is 0.705. The van der Waals surface area contributed by atoms with Gasteiger partial charge in [-0.15, -0.1) is 0 Å². The largest absolute Gasteiger partial charge is 0.864 e. The molecule has 3 rings (SSSR count). The predicted octanol–water partition coefficient (Wildman–Crippen LogP) is 4.03. The van der Waals surface area contributed by atoms with Crippen LogP contribution >= 0.6 is 0 Å². The molecule has 26 heavy (non-hydrogen) atoms. The molecule has 0 unspecified atom stereocenters. The van der Waals surface area contributed by atoms with Crippen LogP contribution in [0.25, 0.3) is 0 Å². The van der Waals surface area contributed by atoms with Crippen LogP contribution in [0, 0.1) is 0 Å². The van der Waals surface area contributed by atoms with Gasteiger partial charge in [0, 0.05) is 0 Å². The van der Waals surface area contributed by atoms with Crippen LogP contribution in [0.3, 0.4) is 0 Å². The first-order valence-corrected chi connectivity index (χ1v) is 8.02. The fourth-order valence-corrected chi connectivity index (χ4v) is 2.28. The third-order valence-corrected chi connectivity index (χ3v) is 3.51. The quantitative estimate of drug-likeness (QED) is 0.454. The van der Waals surface area contributed by atoms with Crippen molar-refractivity contribution in [3.8, 4) is 23.0 Å². The summed E-state index contributed by atoms with van der Waals surface area (Å²) in [5, 5.41) is 0. The first kappa shape index (κ1) is 17.4. The van der Waals surface area contributed by atoms with E-state index in [1.54, 1.807) is 42.5 Å². The number of hydrogen-bond donors (Lipinski definition) is 0. The molecule has 0 aromatic heterocycles. The number of carbonyl (C=O) groups is 1. The molecule has 130 valence electrons. The third kappa shape index (κ3) is 4.57. The maximum absolute atomic E-state index is 11.2. The summed E-state index contributed by atoms with van der Waals surface area (Å²) in [7, 11) is 0.468. The second-order valence-electron chi connectivity index (χ2n) is 5.29. The number of para-hydroxylation sites is 2. The monoisotopic (exact) mass is 348 g/mol. The van der Waals surface area contributed by atoms with E-state index in [9.17, 15) is 4.79 Å². The lowest BCUT2D eigenvalue weighted by Gasteiger charge is -2.17. The zero-order valence-electron chi connectivity index (χ0n) is 14.2. The van der Waals surface area contributed by atoms with Crippen LogP contribution in [-0.2, 0) is 0 Å². The highest BCUT2D eigenvalue weighted by Crippen LogP contribution is 2.24. The summed E-state index contributed by atoms with van der Waals surface area (Å²) in [6, 6.07) is 23.3. The van der Waals surface area contributed by atoms with E-state index in [0.29, 0.717) is 34.8 Å². The highest BCUT2D eigenvalue weighted by Gasteiger charge is 2.30. The zero-order chi connectivity index (χ0) is 18.2. The Kier molecular flexibility index (Phi) is 5.78. The van der Waals surface area contributed by atoms with Crippen molar-refractivity contribution in [2.24, 2.45) is 0 Å². The van der Waals surface area contributed by atoms with Crippen LogP contribution in [-0.4, -0.2) is 20.7 Å². The average molecular weight is 348 g/mol. The Hall–Kier alpha value is -3.41. The standard InChI is InChI=1S/C20H17BO5/c1-23-20-13-12-19(14-16(20)15-22)26-21(24-17-8-4-2-5-9-17)25-18-10-6-3-7-11-18/h2-15H,1H3. The normalized spacial score (nSPS) is 9.88. The first-order chi connectivity index (χ1) is 12.8. The fourth-order valence-electron chi connectivity index (χ4n) is 2.28. The highest BCUT2D eigenvalue weighted by molar-refractivity contribution is 6.39. The van der Waals surface area contributed by atoms with Crippen molar-refractivity contribution in [3.05, 3.63) is 84.4 Å². The van der Waals surface area contributed by atoms with Gasteiger partial charge in [0.1, 0.15) is 23.0 Å². The van der Waals surface area contributed by atoms with Crippen molar-refractivity contribution in [1.29, 1.82) is 0 Å². The molecule has 0 saturated carbocycles. The molecule has 0 N–H and O–H groups in total. The molecule has 3 aromatic rings. The van der Waals surface area contributed by atoms with E-state index in [0.717, 1.165) is 0 Å². The molecule has 0 aliphatic carbocycles. The Morgan fingerprint density at radius 1 is 0.731 bits per heavy atom. The molecule has 0 aliphatic heterocycles. The number of benzene rings is 3. The first-order valence-electron chi connectivity index (χ1n) is 8.02. The Morgan fingerprint density at radius 3 is 1.77 bits per heavy atom. The van der Waals surface area contributed by atoms with Crippen LogP contribution in [0.2, 0.25) is 0 Å². The van der Waals surface area contributed by atoms with E-state index in [1.165, 1.54) is 7.11 Å². The highest BCUT2D eigenvalue weighted by atomic mass is 16.7. The van der Waals surface area contributed by atoms with Crippen LogP contribution in [0.1, 0.15) is 10.4 Å². The molecule has 0 spiro atoms. The molecule has 0 fully saturated rings. The van der Waals surface area contributed by atoms with Gasteiger partial charge in [-0.05, 0) is 42.5 Å². The maximum atomic E-state index is 11.2. The Morgan fingerprint density at radius 2 is 1.27 bits per heavy atom. The summed E-state index contributed by atoms with van der Waals surface area (Å²) in [4.78, 5) is 11.2. The van der Waals surface area contributed by atoms with Crippen LogP contribution < -0.4 is 18.7 Å². The Balaban J connectivity index is 1.81. The summed E-state index contributed by atoms with van der Waals surface area (Å²) in [6.45, 7) is 0. The Labute approximate surface area is 152 Å². The summed E-state index contributed by atoms with van der Waals surface area (Å²) in [5.74, 6) is 2.08. The van der Waals surface area contributed by atoms with Crippen molar-refractivity contribution >= 4 is 13.6 Å². The number of hydrogen-bond acceptors (Lipinski definition) is 5. The van der Waals surface area contributed by atoms with E-state index in [-0.39, 0.29) is 0 Å². The second kappa shape index (κ2) is 8.62. The lowest BCUT2D eigenvalue weighted by molar-refractivity contribution is 0.112. The third-order valence-electron chi connectivity index (χ3n) is 3.51. The van der Waals surface area contributed by atoms with Gasteiger partial charge >= 0.3 is 7.32 Å². The molecule has 5 nitrogen and oxygen atoms in total. The molecule has 0 saturated heterocycles. The van der Waals surface area contributed by atoms with E-state index in [4.69, 9.17) is 18.7 Å². The van der Waals surface area contributed by atoms with Gasteiger partial charge in [0.2, 0.25) is 0 Å². The minimum absolute atomic E-state index is 0.378. The van der Waals surface area contributed by atoms with E-state index in [2.05, 4.69) is 0 Å². The average Bonchev–Trinajstić information content (AvgIpc) is 2.69. The molecule has 3 aromatic carbocycles. The van der Waals surface area contributed by atoms with Crippen molar-refractivity contribution in [2.75, 3.05) is 7.11 Å². The van der Waals surface area contributed by atoms with E-state index < -0.39 is 7.32 Å². The van der Waals surface area contributed by atoms with E-state index in [1.807, 2.05) is 36.4 Å². The van der Waals surface area contributed by atoms with Gasteiger partial charge in [0.15, 0.2) is 6.29 Å². The summed E-state index contributed by atoms with van der Waals surface area (Å²) >= 11 is 0. The molecule has 0 atom stereocenters. The minimum atomic E-state index is -1.03. The van der Waals surface area contributed by atoms with Gasteiger partial charge < -0.3 is 18.7 Å². The SMILES string of the molecule is COc1ccc(OB(Oc2ccccc2)Oc2ccccc2)cc1C=O. The fraction of sp³-hybridized carbons (Fsp3) is 0.0500. The number of rotatable bonds is 8. The van der Waals surface area contributed by atoms with Crippen LogP contribution in [0.4, 0.5) is 0 Å². The molecular formula is C20H17BO5. The molecule has 0 radical (unpaired) electrons. The lowest BCUT2D eigenvalue weighted by atomic mass is 10.1. The molecule has 0 heterocycles. The molecular weight excluding hydrogens is 331 g/mol. The Bertz CT molecular complexity index is 798. The van der Waals surface area contributed by atoms with Crippen molar-refractivity contribution in [1.82, 2.24) is 0 Å². The van der Waals surface area contributed by atoms with Gasteiger partial charge in [0.05, 0.1) is 12.7 Å². The number of methoxy groups -OCH3 is 1. The van der Waals surface area contributed by atoms with Gasteiger partial charge in [-0.3, -0.25) is 4.79 Å². The lowest BCUT2D eigenvalue weighted by Crippen LogP contribution is -2.37. The number of carbonyl (C=O) groups excluding carboxylic acids is 1. The van der Waals surface area contributed by atoms with Gasteiger partial charge in [0.25, 0.3) is 0 Å². The van der Waals surface area contributed by atoms with Gasteiger partial charge in [-0.25, -0.2) is 0 Å². The molecule has 0 amide bonds. The van der Waals surface area contributed by atoms with Crippen LogP contribution in [0.15, 0.2) is 78.9 Å². The maximum Gasteiger partial charge on any atom is 0.864 e.